The number of hydrogen-bond acceptors (Lipinski definition) is 3. The molecule has 1 N–H and O–H groups in total. The molecule has 0 radical (unpaired) electrons. The summed E-state index contributed by atoms with van der Waals surface area (Å²) in [6, 6.07) is 13.7. The van der Waals surface area contributed by atoms with Gasteiger partial charge in [0.25, 0.3) is 0 Å². The molecule has 1 aliphatic carbocycles. The molecule has 1 fully saturated rings. The minimum Gasteiger partial charge on any atom is -0.480 e. The Morgan fingerprint density at radius 3 is 2.55 bits per heavy atom. The minimum absolute atomic E-state index is 0.299. The molecule has 2 aromatic rings. The second-order valence-corrected chi connectivity index (χ2v) is 5.13. The summed E-state index contributed by atoms with van der Waals surface area (Å²) in [5.74, 6) is -2.08. The van der Waals surface area contributed by atoms with E-state index >= 15 is 0 Å². The van der Waals surface area contributed by atoms with Crippen LogP contribution in [0.15, 0.2) is 42.5 Å². The molecule has 102 valence electrons. The lowest BCUT2D eigenvalue weighted by Gasteiger charge is -2.10. The first-order valence-corrected chi connectivity index (χ1v) is 6.40. The van der Waals surface area contributed by atoms with Gasteiger partial charge in [-0.3, -0.25) is 9.59 Å². The Balaban J connectivity index is 2.01. The highest BCUT2D eigenvalue weighted by Gasteiger charge is 2.67. The number of esters is 1. The van der Waals surface area contributed by atoms with E-state index in [0.717, 1.165) is 16.3 Å². The zero-order chi connectivity index (χ0) is 14.3. The van der Waals surface area contributed by atoms with Gasteiger partial charge in [-0.15, -0.1) is 0 Å². The van der Waals surface area contributed by atoms with E-state index in [1.54, 1.807) is 0 Å². The van der Waals surface area contributed by atoms with Gasteiger partial charge in [-0.1, -0.05) is 42.5 Å². The summed E-state index contributed by atoms with van der Waals surface area (Å²) >= 11 is 0. The fraction of sp³-hybridized carbons (Fsp3) is 0.250. The molecule has 0 bridgehead atoms. The molecule has 0 spiro atoms. The third-order valence-electron chi connectivity index (χ3n) is 4.07. The van der Waals surface area contributed by atoms with E-state index in [1.807, 2.05) is 42.5 Å². The van der Waals surface area contributed by atoms with Crippen molar-refractivity contribution in [2.24, 2.45) is 5.41 Å². The summed E-state index contributed by atoms with van der Waals surface area (Å²) in [5.41, 5.74) is -0.534. The number of benzene rings is 2. The maximum atomic E-state index is 11.8. The van der Waals surface area contributed by atoms with Crippen molar-refractivity contribution >= 4 is 22.7 Å². The molecular weight excluding hydrogens is 256 g/mol. The van der Waals surface area contributed by atoms with Gasteiger partial charge in [0, 0.05) is 5.92 Å². The normalized spacial score (nSPS) is 24.4. The Morgan fingerprint density at radius 2 is 1.90 bits per heavy atom. The predicted molar refractivity (Wildman–Crippen MR) is 73.4 cm³/mol. The largest absolute Gasteiger partial charge is 0.480 e. The Morgan fingerprint density at radius 1 is 1.20 bits per heavy atom. The van der Waals surface area contributed by atoms with E-state index in [4.69, 9.17) is 0 Å². The van der Waals surface area contributed by atoms with Gasteiger partial charge >= 0.3 is 11.9 Å². The van der Waals surface area contributed by atoms with Gasteiger partial charge in [0.15, 0.2) is 5.41 Å². The fourth-order valence-electron chi connectivity index (χ4n) is 2.82. The van der Waals surface area contributed by atoms with Crippen LogP contribution in [0.2, 0.25) is 0 Å². The van der Waals surface area contributed by atoms with Crippen LogP contribution in [0.1, 0.15) is 17.9 Å². The summed E-state index contributed by atoms with van der Waals surface area (Å²) in [6.45, 7) is 0. The van der Waals surface area contributed by atoms with Crippen molar-refractivity contribution < 1.29 is 19.4 Å². The average Bonchev–Trinajstić information content (AvgIpc) is 3.23. The maximum absolute atomic E-state index is 11.8. The molecule has 0 amide bonds. The highest BCUT2D eigenvalue weighted by Crippen LogP contribution is 2.60. The van der Waals surface area contributed by atoms with Gasteiger partial charge in [0.1, 0.15) is 0 Å². The number of rotatable bonds is 3. The van der Waals surface area contributed by atoms with Crippen LogP contribution >= 0.6 is 0 Å². The predicted octanol–water partition coefficient (Wildman–Crippen LogP) is 2.57. The lowest BCUT2D eigenvalue weighted by atomic mass is 9.97. The molecule has 2 aromatic carbocycles. The number of carbonyl (C=O) groups is 2. The highest BCUT2D eigenvalue weighted by atomic mass is 16.5. The summed E-state index contributed by atoms with van der Waals surface area (Å²) < 4.78 is 4.66. The number of ether oxygens (including phenoxy) is 1. The number of carboxylic acids is 1. The van der Waals surface area contributed by atoms with Gasteiger partial charge in [-0.05, 0) is 22.8 Å². The van der Waals surface area contributed by atoms with E-state index in [1.165, 1.54) is 7.11 Å². The number of fused-ring (bicyclic) bond motifs is 1. The summed E-state index contributed by atoms with van der Waals surface area (Å²) in [4.78, 5) is 23.2. The molecule has 2 atom stereocenters. The Labute approximate surface area is 116 Å². The van der Waals surface area contributed by atoms with Crippen molar-refractivity contribution in [3.8, 4) is 0 Å². The van der Waals surface area contributed by atoms with Crippen LogP contribution in [-0.4, -0.2) is 24.2 Å². The topological polar surface area (TPSA) is 63.6 Å². The zero-order valence-electron chi connectivity index (χ0n) is 11.0. The van der Waals surface area contributed by atoms with Gasteiger partial charge in [-0.2, -0.15) is 0 Å². The Bertz CT molecular complexity index is 706. The van der Waals surface area contributed by atoms with Crippen molar-refractivity contribution in [1.82, 2.24) is 0 Å². The van der Waals surface area contributed by atoms with E-state index in [2.05, 4.69) is 4.74 Å². The third-order valence-corrected chi connectivity index (χ3v) is 4.07. The van der Waals surface area contributed by atoms with Crippen LogP contribution in [0.5, 0.6) is 0 Å². The summed E-state index contributed by atoms with van der Waals surface area (Å²) in [7, 11) is 1.22. The number of hydrogen-bond donors (Lipinski definition) is 1. The average molecular weight is 270 g/mol. The SMILES string of the molecule is COC(=O)[C@@]1(C(=O)O)C[C@H]1c1ccc2ccccc2c1. The van der Waals surface area contributed by atoms with Crippen LogP contribution in [0.4, 0.5) is 0 Å². The molecule has 0 unspecified atom stereocenters. The van der Waals surface area contributed by atoms with Crippen LogP contribution in [-0.2, 0) is 14.3 Å². The third kappa shape index (κ3) is 1.68. The molecular formula is C16H14O4. The van der Waals surface area contributed by atoms with Crippen LogP contribution in [0.3, 0.4) is 0 Å². The molecule has 0 aromatic heterocycles. The van der Waals surface area contributed by atoms with Gasteiger partial charge in [-0.25, -0.2) is 0 Å². The van der Waals surface area contributed by atoms with Gasteiger partial charge in [0.2, 0.25) is 0 Å². The van der Waals surface area contributed by atoms with Crippen molar-refractivity contribution in [3.63, 3.8) is 0 Å². The molecule has 3 rings (SSSR count). The quantitative estimate of drug-likeness (QED) is 0.687. The van der Waals surface area contributed by atoms with Crippen LogP contribution in [0.25, 0.3) is 10.8 Å². The molecule has 0 saturated heterocycles. The number of methoxy groups -OCH3 is 1. The second kappa shape index (κ2) is 4.34. The molecule has 4 nitrogen and oxygen atoms in total. The molecule has 1 saturated carbocycles. The molecule has 20 heavy (non-hydrogen) atoms. The molecule has 0 aliphatic heterocycles. The Kier molecular flexibility index (Phi) is 2.74. The molecule has 0 heterocycles. The lowest BCUT2D eigenvalue weighted by molar-refractivity contribution is -0.159. The first kappa shape index (κ1) is 12.7. The van der Waals surface area contributed by atoms with Crippen molar-refractivity contribution in [3.05, 3.63) is 48.0 Å². The smallest absolute Gasteiger partial charge is 0.323 e. The van der Waals surface area contributed by atoms with Crippen LogP contribution < -0.4 is 0 Å². The highest BCUT2D eigenvalue weighted by molar-refractivity contribution is 6.04. The van der Waals surface area contributed by atoms with Crippen molar-refractivity contribution in [1.29, 1.82) is 0 Å². The Hall–Kier alpha value is -2.36. The van der Waals surface area contributed by atoms with E-state index in [0.29, 0.717) is 6.42 Å². The first-order valence-electron chi connectivity index (χ1n) is 6.40. The second-order valence-electron chi connectivity index (χ2n) is 5.13. The zero-order valence-corrected chi connectivity index (χ0v) is 11.0. The van der Waals surface area contributed by atoms with Crippen molar-refractivity contribution in [2.45, 2.75) is 12.3 Å². The molecule has 4 heteroatoms. The van der Waals surface area contributed by atoms with E-state index in [9.17, 15) is 14.7 Å². The van der Waals surface area contributed by atoms with Crippen LogP contribution in [0, 0.1) is 5.41 Å². The lowest BCUT2D eigenvalue weighted by Crippen LogP contribution is -2.28. The monoisotopic (exact) mass is 270 g/mol. The number of aliphatic carboxylic acids is 1. The minimum atomic E-state index is -1.41. The number of carboxylic acid groups (broad SMARTS) is 1. The maximum Gasteiger partial charge on any atom is 0.323 e. The molecule has 1 aliphatic rings. The fourth-order valence-corrected chi connectivity index (χ4v) is 2.82. The first-order chi connectivity index (χ1) is 9.59. The van der Waals surface area contributed by atoms with Gasteiger partial charge in [0.05, 0.1) is 7.11 Å². The van der Waals surface area contributed by atoms with Crippen molar-refractivity contribution in [2.75, 3.05) is 7.11 Å². The van der Waals surface area contributed by atoms with Gasteiger partial charge < -0.3 is 9.84 Å². The summed E-state index contributed by atoms with van der Waals surface area (Å²) in [6.07, 6.45) is 0.299. The standard InChI is InChI=1S/C16H14O4/c1-20-15(19)16(14(17)18)9-13(16)12-7-6-10-4-2-3-5-11(10)8-12/h2-8,13H,9H2,1H3,(H,17,18)/t13-,16-/m0/s1. The summed E-state index contributed by atoms with van der Waals surface area (Å²) in [5, 5.41) is 11.5. The van der Waals surface area contributed by atoms with E-state index in [-0.39, 0.29) is 5.92 Å². The number of carbonyl (C=O) groups excluding carboxylic acids is 1. The van der Waals surface area contributed by atoms with E-state index < -0.39 is 17.4 Å².